The number of nitrogens with one attached hydrogen (secondary N) is 1. The fourth-order valence-corrected chi connectivity index (χ4v) is 2.53. The largest absolute Gasteiger partial charge is 0.310 e. The van der Waals surface area contributed by atoms with Gasteiger partial charge < -0.3 is 5.32 Å². The van der Waals surface area contributed by atoms with E-state index in [0.717, 1.165) is 25.1 Å². The molecule has 0 fully saturated rings. The topological polar surface area (TPSA) is 24.9 Å². The van der Waals surface area contributed by atoms with Crippen LogP contribution in [0.4, 0.5) is 0 Å². The van der Waals surface area contributed by atoms with Crippen molar-refractivity contribution >= 4 is 0 Å². The van der Waals surface area contributed by atoms with Gasteiger partial charge in [-0.2, -0.15) is 0 Å². The first kappa shape index (κ1) is 15.7. The number of likely N-dealkylation sites (N-methyl/N-ethyl adjacent to an activating group) is 1. The average Bonchev–Trinajstić information content (AvgIpc) is 2.50. The molecule has 112 valence electrons. The summed E-state index contributed by atoms with van der Waals surface area (Å²) in [7, 11) is 0. The predicted molar refractivity (Wildman–Crippen MR) is 89.7 cm³/mol. The summed E-state index contributed by atoms with van der Waals surface area (Å²) in [6, 6.07) is 11.4. The average molecular weight is 282 g/mol. The Morgan fingerprint density at radius 2 is 1.86 bits per heavy atom. The Labute approximate surface area is 128 Å². The minimum atomic E-state index is 0.328. The molecule has 2 heteroatoms. The molecule has 0 saturated heterocycles. The molecule has 0 saturated carbocycles. The van der Waals surface area contributed by atoms with Crippen molar-refractivity contribution < 1.29 is 0 Å². The van der Waals surface area contributed by atoms with Gasteiger partial charge in [0.25, 0.3) is 0 Å². The molecule has 0 amide bonds. The Morgan fingerprint density at radius 1 is 1.05 bits per heavy atom. The van der Waals surface area contributed by atoms with Crippen LogP contribution in [0.3, 0.4) is 0 Å². The van der Waals surface area contributed by atoms with Crippen LogP contribution >= 0.6 is 0 Å². The van der Waals surface area contributed by atoms with Gasteiger partial charge in [0, 0.05) is 24.4 Å². The molecule has 1 aromatic heterocycles. The summed E-state index contributed by atoms with van der Waals surface area (Å²) < 4.78 is 0. The molecule has 1 atom stereocenters. The maximum Gasteiger partial charge on any atom is 0.0422 e. The lowest BCUT2D eigenvalue weighted by atomic mass is 9.97. The molecule has 21 heavy (non-hydrogen) atoms. The van der Waals surface area contributed by atoms with Crippen molar-refractivity contribution in [1.29, 1.82) is 0 Å². The summed E-state index contributed by atoms with van der Waals surface area (Å²) in [5.41, 5.74) is 6.49. The second kappa shape index (κ2) is 7.37. The summed E-state index contributed by atoms with van der Waals surface area (Å²) in [6.07, 6.45) is 3.97. The van der Waals surface area contributed by atoms with Gasteiger partial charge in [0.15, 0.2) is 0 Å². The van der Waals surface area contributed by atoms with E-state index in [1.54, 1.807) is 0 Å². The lowest BCUT2D eigenvalue weighted by molar-refractivity contribution is 0.543. The highest BCUT2D eigenvalue weighted by atomic mass is 14.9. The van der Waals surface area contributed by atoms with Crippen molar-refractivity contribution in [2.24, 2.45) is 0 Å². The number of aromatic nitrogens is 1. The molecule has 0 bridgehead atoms. The monoisotopic (exact) mass is 282 g/mol. The van der Waals surface area contributed by atoms with Crippen molar-refractivity contribution in [1.82, 2.24) is 10.3 Å². The van der Waals surface area contributed by atoms with Crippen LogP contribution in [0.5, 0.6) is 0 Å². The van der Waals surface area contributed by atoms with Gasteiger partial charge in [-0.05, 0) is 55.1 Å². The van der Waals surface area contributed by atoms with Crippen LogP contribution in [0, 0.1) is 13.8 Å². The zero-order valence-electron chi connectivity index (χ0n) is 13.6. The van der Waals surface area contributed by atoms with Crippen molar-refractivity contribution in [3.8, 4) is 0 Å². The first-order valence-corrected chi connectivity index (χ1v) is 7.88. The molecule has 1 aromatic carbocycles. The lowest BCUT2D eigenvalue weighted by Gasteiger charge is -2.19. The smallest absolute Gasteiger partial charge is 0.0422 e. The third kappa shape index (κ3) is 4.15. The van der Waals surface area contributed by atoms with E-state index in [0.29, 0.717) is 6.04 Å². The van der Waals surface area contributed by atoms with E-state index in [-0.39, 0.29) is 0 Å². The molecular weight excluding hydrogens is 256 g/mol. The van der Waals surface area contributed by atoms with Gasteiger partial charge in [-0.3, -0.25) is 4.98 Å². The normalized spacial score (nSPS) is 12.4. The SMILES string of the molecule is CCNC(Cc1ccc(CC)cn1)c1ccc(C)c(C)c1. The number of pyridine rings is 1. The van der Waals surface area contributed by atoms with E-state index in [1.807, 2.05) is 6.20 Å². The molecule has 2 nitrogen and oxygen atoms in total. The first-order chi connectivity index (χ1) is 10.1. The van der Waals surface area contributed by atoms with Gasteiger partial charge in [0.05, 0.1) is 0 Å². The third-order valence-corrected chi connectivity index (χ3v) is 4.09. The van der Waals surface area contributed by atoms with Crippen LogP contribution in [-0.4, -0.2) is 11.5 Å². The summed E-state index contributed by atoms with van der Waals surface area (Å²) in [5, 5.41) is 3.58. The highest BCUT2D eigenvalue weighted by Crippen LogP contribution is 2.20. The highest BCUT2D eigenvalue weighted by Gasteiger charge is 2.12. The number of nitrogens with zero attached hydrogens (tertiary/aromatic N) is 1. The van der Waals surface area contributed by atoms with Gasteiger partial charge in [0.2, 0.25) is 0 Å². The maximum absolute atomic E-state index is 4.60. The minimum Gasteiger partial charge on any atom is -0.310 e. The van der Waals surface area contributed by atoms with Gasteiger partial charge in [-0.25, -0.2) is 0 Å². The molecular formula is C19H26N2. The van der Waals surface area contributed by atoms with Crippen molar-refractivity contribution in [2.75, 3.05) is 6.54 Å². The molecule has 1 heterocycles. The fraction of sp³-hybridized carbons (Fsp3) is 0.421. The zero-order chi connectivity index (χ0) is 15.2. The van der Waals surface area contributed by atoms with Crippen LogP contribution in [0.25, 0.3) is 0 Å². The van der Waals surface area contributed by atoms with Crippen molar-refractivity contribution in [3.63, 3.8) is 0 Å². The Morgan fingerprint density at radius 3 is 2.43 bits per heavy atom. The number of benzene rings is 1. The number of hydrogen-bond acceptors (Lipinski definition) is 2. The molecule has 1 unspecified atom stereocenters. The molecule has 0 aliphatic carbocycles. The molecule has 0 spiro atoms. The molecule has 0 aliphatic rings. The van der Waals surface area contributed by atoms with E-state index < -0.39 is 0 Å². The van der Waals surface area contributed by atoms with E-state index in [2.05, 4.69) is 68.3 Å². The Bertz CT molecular complexity index is 573. The first-order valence-electron chi connectivity index (χ1n) is 7.88. The Balaban J connectivity index is 2.19. The van der Waals surface area contributed by atoms with Crippen LogP contribution in [0.2, 0.25) is 0 Å². The molecule has 0 radical (unpaired) electrons. The summed E-state index contributed by atoms with van der Waals surface area (Å²) in [6.45, 7) is 9.61. The van der Waals surface area contributed by atoms with Crippen molar-refractivity contribution in [3.05, 3.63) is 64.5 Å². The van der Waals surface area contributed by atoms with Gasteiger partial charge in [-0.1, -0.05) is 38.1 Å². The van der Waals surface area contributed by atoms with E-state index in [9.17, 15) is 0 Å². The zero-order valence-corrected chi connectivity index (χ0v) is 13.6. The number of aryl methyl sites for hydroxylation is 3. The standard InChI is InChI=1S/C19H26N2/c1-5-16-8-10-18(21-13-16)12-19(20-6-2)17-9-7-14(3)15(4)11-17/h7-11,13,19-20H,5-6,12H2,1-4H3. The highest BCUT2D eigenvalue weighted by molar-refractivity contribution is 5.32. The van der Waals surface area contributed by atoms with Crippen molar-refractivity contribution in [2.45, 2.75) is 46.6 Å². The predicted octanol–water partition coefficient (Wildman–Crippen LogP) is 4.15. The molecule has 2 aromatic rings. The second-order valence-corrected chi connectivity index (χ2v) is 5.67. The van der Waals surface area contributed by atoms with Crippen LogP contribution in [-0.2, 0) is 12.8 Å². The Hall–Kier alpha value is -1.67. The summed E-state index contributed by atoms with van der Waals surface area (Å²) in [5.74, 6) is 0. The maximum atomic E-state index is 4.60. The fourth-order valence-electron chi connectivity index (χ4n) is 2.53. The van der Waals surface area contributed by atoms with E-state index in [4.69, 9.17) is 0 Å². The molecule has 1 N–H and O–H groups in total. The van der Waals surface area contributed by atoms with Crippen LogP contribution in [0.15, 0.2) is 36.5 Å². The molecule has 0 aliphatic heterocycles. The van der Waals surface area contributed by atoms with Gasteiger partial charge in [-0.15, -0.1) is 0 Å². The quantitative estimate of drug-likeness (QED) is 0.860. The van der Waals surface area contributed by atoms with Gasteiger partial charge in [0.1, 0.15) is 0 Å². The summed E-state index contributed by atoms with van der Waals surface area (Å²) in [4.78, 5) is 4.60. The summed E-state index contributed by atoms with van der Waals surface area (Å²) >= 11 is 0. The lowest BCUT2D eigenvalue weighted by Crippen LogP contribution is -2.23. The van der Waals surface area contributed by atoms with Gasteiger partial charge >= 0.3 is 0 Å². The Kier molecular flexibility index (Phi) is 5.51. The number of rotatable bonds is 6. The van der Waals surface area contributed by atoms with Crippen LogP contribution < -0.4 is 5.32 Å². The number of hydrogen-bond donors (Lipinski definition) is 1. The van der Waals surface area contributed by atoms with Crippen LogP contribution in [0.1, 0.15) is 47.8 Å². The van der Waals surface area contributed by atoms with E-state index >= 15 is 0 Å². The molecule has 2 rings (SSSR count). The van der Waals surface area contributed by atoms with E-state index in [1.165, 1.54) is 22.3 Å². The third-order valence-electron chi connectivity index (χ3n) is 4.09. The minimum absolute atomic E-state index is 0.328. The second-order valence-electron chi connectivity index (χ2n) is 5.67.